The molecular weight excluding hydrogens is 493 g/mol. The minimum atomic E-state index is -0.980. The fourth-order valence-electron chi connectivity index (χ4n) is 3.96. The summed E-state index contributed by atoms with van der Waals surface area (Å²) >= 11 is 12.4. The summed E-state index contributed by atoms with van der Waals surface area (Å²) in [4.78, 5) is 43.2. The van der Waals surface area contributed by atoms with Crippen molar-refractivity contribution in [3.63, 3.8) is 0 Å². The van der Waals surface area contributed by atoms with Gasteiger partial charge in [0.25, 0.3) is 11.7 Å². The van der Waals surface area contributed by atoms with E-state index in [1.807, 2.05) is 0 Å². The number of pyridine rings is 1. The number of Topliss-reactive ketones (excluding diaryl/α,β-unsaturated/α-hetero) is 1. The molecule has 4 rings (SSSR count). The molecule has 8 nitrogen and oxygen atoms in total. The van der Waals surface area contributed by atoms with Gasteiger partial charge in [0.2, 0.25) is 5.91 Å². The zero-order chi connectivity index (χ0) is 25.3. The van der Waals surface area contributed by atoms with Crippen LogP contribution >= 0.6 is 23.2 Å². The maximum atomic E-state index is 13.3. The Kier molecular flexibility index (Phi) is 6.77. The smallest absolute Gasteiger partial charge is 0.300 e. The zero-order valence-electron chi connectivity index (χ0n) is 18.6. The van der Waals surface area contributed by atoms with Gasteiger partial charge in [-0.15, -0.1) is 0 Å². The summed E-state index contributed by atoms with van der Waals surface area (Å²) < 4.78 is 5.33. The summed E-state index contributed by atoms with van der Waals surface area (Å²) in [6.07, 6.45) is 3.04. The molecule has 2 aromatic carbocycles. The Morgan fingerprint density at radius 2 is 1.74 bits per heavy atom. The standard InChI is InChI=1S/C25H19Cl2N3O5/c1-13(31)29-16-3-5-17(6-4-16)30-21(14-7-9-28-10-8-14)20(23(33)25(30)34)22(32)18-11-15(26)12-19(27)24(18)35-2/h3-12,21,32H,1-2H3,(H,29,31)/b22-20+. The van der Waals surface area contributed by atoms with E-state index in [1.165, 1.54) is 43.5 Å². The second-order valence-electron chi connectivity index (χ2n) is 7.65. The van der Waals surface area contributed by atoms with E-state index in [2.05, 4.69) is 10.3 Å². The average molecular weight is 512 g/mol. The number of aliphatic hydroxyl groups excluding tert-OH is 1. The van der Waals surface area contributed by atoms with Gasteiger partial charge in [-0.3, -0.25) is 24.3 Å². The Bertz CT molecular complexity index is 1360. The van der Waals surface area contributed by atoms with Crippen molar-refractivity contribution in [3.8, 4) is 5.75 Å². The number of nitrogens with one attached hydrogen (secondary N) is 1. The van der Waals surface area contributed by atoms with Crippen molar-refractivity contribution in [1.82, 2.24) is 4.98 Å². The predicted molar refractivity (Wildman–Crippen MR) is 133 cm³/mol. The van der Waals surface area contributed by atoms with Crippen LogP contribution in [0.1, 0.15) is 24.1 Å². The van der Waals surface area contributed by atoms with Crippen LogP contribution in [-0.2, 0) is 14.4 Å². The number of anilines is 2. The number of ether oxygens (including phenoxy) is 1. The van der Waals surface area contributed by atoms with Crippen LogP contribution in [-0.4, -0.2) is 34.8 Å². The first-order chi connectivity index (χ1) is 16.7. The third-order valence-corrected chi connectivity index (χ3v) is 5.90. The molecule has 0 radical (unpaired) electrons. The molecule has 0 saturated carbocycles. The highest BCUT2D eigenvalue weighted by Crippen LogP contribution is 2.44. The van der Waals surface area contributed by atoms with E-state index in [4.69, 9.17) is 27.9 Å². The highest BCUT2D eigenvalue weighted by Gasteiger charge is 2.47. The van der Waals surface area contributed by atoms with E-state index in [0.29, 0.717) is 16.9 Å². The van der Waals surface area contributed by atoms with Gasteiger partial charge in [0.15, 0.2) is 0 Å². The number of halogens is 2. The predicted octanol–water partition coefficient (Wildman–Crippen LogP) is 4.98. The molecule has 1 aliphatic heterocycles. The molecule has 1 aromatic heterocycles. The van der Waals surface area contributed by atoms with Crippen LogP contribution in [0.15, 0.2) is 66.5 Å². The van der Waals surface area contributed by atoms with Gasteiger partial charge in [0.1, 0.15) is 11.5 Å². The first-order valence-electron chi connectivity index (χ1n) is 10.3. The molecule has 1 fully saturated rings. The molecule has 3 aromatic rings. The number of ketones is 1. The zero-order valence-corrected chi connectivity index (χ0v) is 20.1. The molecule has 1 unspecified atom stereocenters. The van der Waals surface area contributed by atoms with Crippen LogP contribution < -0.4 is 15.0 Å². The maximum absolute atomic E-state index is 13.3. The lowest BCUT2D eigenvalue weighted by molar-refractivity contribution is -0.132. The summed E-state index contributed by atoms with van der Waals surface area (Å²) in [6.45, 7) is 1.38. The van der Waals surface area contributed by atoms with Crippen molar-refractivity contribution >= 4 is 57.9 Å². The van der Waals surface area contributed by atoms with Crippen molar-refractivity contribution in [3.05, 3.63) is 87.7 Å². The van der Waals surface area contributed by atoms with Crippen molar-refractivity contribution in [2.45, 2.75) is 13.0 Å². The van der Waals surface area contributed by atoms with Crippen LogP contribution in [0.3, 0.4) is 0 Å². The summed E-state index contributed by atoms with van der Waals surface area (Å²) in [5, 5.41) is 14.3. The van der Waals surface area contributed by atoms with Gasteiger partial charge in [-0.1, -0.05) is 23.2 Å². The number of methoxy groups -OCH3 is 1. The van der Waals surface area contributed by atoms with Crippen LogP contribution in [0.2, 0.25) is 10.0 Å². The van der Waals surface area contributed by atoms with Crippen LogP contribution in [0.4, 0.5) is 11.4 Å². The summed E-state index contributed by atoms with van der Waals surface area (Å²) in [5.74, 6) is -2.36. The summed E-state index contributed by atoms with van der Waals surface area (Å²) in [6, 6.07) is 11.6. The molecule has 1 aliphatic rings. The molecule has 2 amide bonds. The second-order valence-corrected chi connectivity index (χ2v) is 8.49. The molecule has 0 aliphatic carbocycles. The van der Waals surface area contributed by atoms with Crippen molar-refractivity contribution < 1.29 is 24.2 Å². The van der Waals surface area contributed by atoms with E-state index in [-0.39, 0.29) is 32.8 Å². The van der Waals surface area contributed by atoms with Crippen LogP contribution in [0, 0.1) is 0 Å². The lowest BCUT2D eigenvalue weighted by Crippen LogP contribution is -2.29. The first kappa shape index (κ1) is 24.3. The van der Waals surface area contributed by atoms with Crippen molar-refractivity contribution in [2.75, 3.05) is 17.3 Å². The topological polar surface area (TPSA) is 109 Å². The second kappa shape index (κ2) is 9.77. The van der Waals surface area contributed by atoms with Gasteiger partial charge in [-0.25, -0.2) is 0 Å². The lowest BCUT2D eigenvalue weighted by atomic mass is 9.95. The Hall–Kier alpha value is -3.88. The number of hydrogen-bond donors (Lipinski definition) is 2. The number of nitrogens with zero attached hydrogens (tertiary/aromatic N) is 2. The third-order valence-electron chi connectivity index (χ3n) is 5.40. The van der Waals surface area contributed by atoms with Crippen molar-refractivity contribution in [2.24, 2.45) is 0 Å². The normalized spacial score (nSPS) is 16.9. The fraction of sp³-hybridized carbons (Fsp3) is 0.120. The number of amides is 2. The van der Waals surface area contributed by atoms with E-state index in [0.717, 1.165) is 0 Å². The monoisotopic (exact) mass is 511 g/mol. The number of aromatic nitrogens is 1. The molecule has 35 heavy (non-hydrogen) atoms. The Balaban J connectivity index is 1.92. The Morgan fingerprint density at radius 1 is 1.09 bits per heavy atom. The van der Waals surface area contributed by atoms with E-state index in [1.54, 1.807) is 36.4 Å². The van der Waals surface area contributed by atoms with Crippen molar-refractivity contribution in [1.29, 1.82) is 0 Å². The van der Waals surface area contributed by atoms with Gasteiger partial charge < -0.3 is 15.2 Å². The fourth-order valence-corrected chi connectivity index (χ4v) is 4.53. The quantitative estimate of drug-likeness (QED) is 0.284. The van der Waals surface area contributed by atoms with E-state index < -0.39 is 23.5 Å². The Morgan fingerprint density at radius 3 is 2.34 bits per heavy atom. The van der Waals surface area contributed by atoms with E-state index in [9.17, 15) is 19.5 Å². The molecule has 178 valence electrons. The number of rotatable bonds is 5. The molecule has 1 saturated heterocycles. The minimum Gasteiger partial charge on any atom is -0.507 e. The number of aliphatic hydroxyl groups is 1. The number of carbonyl (C=O) groups is 3. The molecular formula is C25H19Cl2N3O5. The maximum Gasteiger partial charge on any atom is 0.300 e. The van der Waals surface area contributed by atoms with Crippen LogP contribution in [0.25, 0.3) is 5.76 Å². The van der Waals surface area contributed by atoms with Crippen LogP contribution in [0.5, 0.6) is 5.75 Å². The number of carbonyl (C=O) groups excluding carboxylic acids is 3. The summed E-state index contributed by atoms with van der Waals surface area (Å²) in [7, 11) is 1.36. The van der Waals surface area contributed by atoms with Gasteiger partial charge >= 0.3 is 0 Å². The number of hydrogen-bond acceptors (Lipinski definition) is 6. The van der Waals surface area contributed by atoms with Gasteiger partial charge in [-0.05, 0) is 54.1 Å². The highest BCUT2D eigenvalue weighted by molar-refractivity contribution is 6.52. The highest BCUT2D eigenvalue weighted by atomic mass is 35.5. The molecule has 2 N–H and O–H groups in total. The lowest BCUT2D eigenvalue weighted by Gasteiger charge is -2.25. The first-order valence-corrected chi connectivity index (χ1v) is 11.1. The minimum absolute atomic E-state index is 0.0723. The van der Waals surface area contributed by atoms with Gasteiger partial charge in [0, 0.05) is 35.7 Å². The van der Waals surface area contributed by atoms with Gasteiger partial charge in [0.05, 0.1) is 29.3 Å². The third kappa shape index (κ3) is 4.58. The average Bonchev–Trinajstić information content (AvgIpc) is 3.09. The molecule has 0 spiro atoms. The molecule has 1 atom stereocenters. The Labute approximate surface area is 210 Å². The SMILES string of the molecule is COc1c(Cl)cc(Cl)cc1/C(O)=C1\C(=O)C(=O)N(c2ccc(NC(C)=O)cc2)C1c1ccncc1. The molecule has 2 heterocycles. The number of benzene rings is 2. The van der Waals surface area contributed by atoms with E-state index >= 15 is 0 Å². The molecule has 10 heteroatoms. The molecule has 0 bridgehead atoms. The summed E-state index contributed by atoms with van der Waals surface area (Å²) in [5.41, 5.74) is 1.36. The van der Waals surface area contributed by atoms with Gasteiger partial charge in [-0.2, -0.15) is 0 Å². The largest absolute Gasteiger partial charge is 0.507 e.